The zero-order valence-electron chi connectivity index (χ0n) is 6.44. The second kappa shape index (κ2) is 4.30. The van der Waals surface area contributed by atoms with Crippen molar-refractivity contribution >= 4 is 5.71 Å². The molecule has 1 nitrogen and oxygen atoms in total. The molecule has 0 saturated heterocycles. The highest BCUT2D eigenvalue weighted by Gasteiger charge is 1.88. The molecule has 0 rings (SSSR count). The molecule has 0 aliphatic rings. The molecular weight excluding hydrogens is 110 g/mol. The van der Waals surface area contributed by atoms with Gasteiger partial charge in [0.2, 0.25) is 0 Å². The monoisotopic (exact) mass is 125 g/mol. The Kier molecular flexibility index (Phi) is 4.02. The highest BCUT2D eigenvalue weighted by molar-refractivity contribution is 5.89. The molecule has 0 heterocycles. The Labute approximate surface area is 57.3 Å². The first kappa shape index (κ1) is 8.41. The van der Waals surface area contributed by atoms with Crippen LogP contribution in [0.3, 0.4) is 0 Å². The first-order valence-corrected chi connectivity index (χ1v) is 3.40. The van der Waals surface area contributed by atoms with Gasteiger partial charge in [0.15, 0.2) is 0 Å². The zero-order chi connectivity index (χ0) is 7.28. The van der Waals surface area contributed by atoms with Crippen molar-refractivity contribution in [3.63, 3.8) is 0 Å². The number of nitrogens with one attached hydrogen (secondary N) is 1. The summed E-state index contributed by atoms with van der Waals surface area (Å²) in [4.78, 5) is 0. The van der Waals surface area contributed by atoms with Crippen LogP contribution in [0.4, 0.5) is 0 Å². The third-order valence-electron chi connectivity index (χ3n) is 1.32. The van der Waals surface area contributed by atoms with Gasteiger partial charge in [-0.3, -0.25) is 0 Å². The molecule has 1 N–H and O–H groups in total. The van der Waals surface area contributed by atoms with Crippen molar-refractivity contribution in [1.29, 1.82) is 5.41 Å². The fourth-order valence-corrected chi connectivity index (χ4v) is 0.445. The number of rotatable bonds is 3. The van der Waals surface area contributed by atoms with Crippen molar-refractivity contribution in [2.45, 2.75) is 27.2 Å². The fourth-order valence-electron chi connectivity index (χ4n) is 0.445. The third-order valence-corrected chi connectivity index (χ3v) is 1.32. The van der Waals surface area contributed by atoms with Crippen LogP contribution < -0.4 is 0 Å². The van der Waals surface area contributed by atoms with Crippen LogP contribution in [0, 0.1) is 11.3 Å². The van der Waals surface area contributed by atoms with E-state index in [2.05, 4.69) is 19.9 Å². The van der Waals surface area contributed by atoms with Gasteiger partial charge in [-0.1, -0.05) is 26.3 Å². The summed E-state index contributed by atoms with van der Waals surface area (Å²) in [5.74, 6) is 0.616. The van der Waals surface area contributed by atoms with E-state index >= 15 is 0 Å². The van der Waals surface area contributed by atoms with Crippen LogP contribution in [-0.2, 0) is 0 Å². The Morgan fingerprint density at radius 3 is 2.56 bits per heavy atom. The molecule has 0 aromatic rings. The van der Waals surface area contributed by atoms with Crippen LogP contribution in [-0.4, -0.2) is 5.71 Å². The Hall–Kier alpha value is -0.590. The second-order valence-corrected chi connectivity index (χ2v) is 2.43. The average molecular weight is 125 g/mol. The van der Waals surface area contributed by atoms with Crippen molar-refractivity contribution in [3.05, 3.63) is 12.2 Å². The lowest BCUT2D eigenvalue weighted by molar-refractivity contribution is 0.699. The van der Waals surface area contributed by atoms with Gasteiger partial charge < -0.3 is 5.41 Å². The van der Waals surface area contributed by atoms with E-state index in [1.54, 1.807) is 6.92 Å². The fraction of sp³-hybridized carbons (Fsp3) is 0.625. The predicted molar refractivity (Wildman–Crippen MR) is 42.0 cm³/mol. The summed E-state index contributed by atoms with van der Waals surface area (Å²) < 4.78 is 0. The molecule has 0 radical (unpaired) electrons. The lowest BCUT2D eigenvalue weighted by Gasteiger charge is -1.97. The van der Waals surface area contributed by atoms with Crippen LogP contribution in [0.5, 0.6) is 0 Å². The number of hydrogen-bond donors (Lipinski definition) is 1. The van der Waals surface area contributed by atoms with Gasteiger partial charge in [0.25, 0.3) is 0 Å². The van der Waals surface area contributed by atoms with Gasteiger partial charge in [-0.25, -0.2) is 0 Å². The van der Waals surface area contributed by atoms with Crippen molar-refractivity contribution in [3.8, 4) is 0 Å². The molecule has 1 atom stereocenters. The van der Waals surface area contributed by atoms with Gasteiger partial charge in [0.1, 0.15) is 0 Å². The van der Waals surface area contributed by atoms with E-state index in [1.807, 2.05) is 6.08 Å². The molecule has 0 bridgehead atoms. The van der Waals surface area contributed by atoms with Crippen molar-refractivity contribution in [2.75, 3.05) is 0 Å². The molecule has 0 aromatic carbocycles. The molecule has 0 amide bonds. The topological polar surface area (TPSA) is 23.9 Å². The minimum absolute atomic E-state index is 0.616. The minimum atomic E-state index is 0.616. The van der Waals surface area contributed by atoms with E-state index < -0.39 is 0 Å². The zero-order valence-corrected chi connectivity index (χ0v) is 6.44. The highest BCUT2D eigenvalue weighted by Crippen LogP contribution is 2.01. The van der Waals surface area contributed by atoms with Gasteiger partial charge in [0, 0.05) is 5.71 Å². The first-order valence-electron chi connectivity index (χ1n) is 3.40. The summed E-state index contributed by atoms with van der Waals surface area (Å²) in [6, 6.07) is 0. The average Bonchev–Trinajstić information content (AvgIpc) is 1.83. The van der Waals surface area contributed by atoms with E-state index in [-0.39, 0.29) is 0 Å². The maximum absolute atomic E-state index is 7.08. The Morgan fingerprint density at radius 1 is 1.67 bits per heavy atom. The van der Waals surface area contributed by atoms with Gasteiger partial charge in [-0.05, 0) is 18.9 Å². The summed E-state index contributed by atoms with van der Waals surface area (Å²) >= 11 is 0. The van der Waals surface area contributed by atoms with Crippen molar-refractivity contribution < 1.29 is 0 Å². The molecular formula is C8H15N. The molecule has 9 heavy (non-hydrogen) atoms. The smallest absolute Gasteiger partial charge is 0.0279 e. The van der Waals surface area contributed by atoms with Crippen molar-refractivity contribution in [1.82, 2.24) is 0 Å². The molecule has 52 valence electrons. The van der Waals surface area contributed by atoms with Gasteiger partial charge in [0.05, 0.1) is 0 Å². The van der Waals surface area contributed by atoms with Crippen molar-refractivity contribution in [2.24, 2.45) is 5.92 Å². The summed E-state index contributed by atoms with van der Waals surface area (Å²) in [7, 11) is 0. The Balaban J connectivity index is 3.56. The second-order valence-electron chi connectivity index (χ2n) is 2.43. The molecule has 0 spiro atoms. The van der Waals surface area contributed by atoms with E-state index in [0.29, 0.717) is 11.6 Å². The first-order chi connectivity index (χ1) is 4.16. The molecule has 1 unspecified atom stereocenters. The maximum atomic E-state index is 7.08. The molecule has 0 fully saturated rings. The van der Waals surface area contributed by atoms with E-state index in [9.17, 15) is 0 Å². The lowest BCUT2D eigenvalue weighted by atomic mass is 10.1. The standard InChI is InChI=1S/C8H15N/c1-4-7(2)5-6-8(3)9/h5-7,9H,4H2,1-3H3/b6-5-,9-8?. The predicted octanol–water partition coefficient (Wildman–Crippen LogP) is 2.63. The van der Waals surface area contributed by atoms with Crippen LogP contribution in [0.15, 0.2) is 12.2 Å². The normalized spacial score (nSPS) is 14.1. The van der Waals surface area contributed by atoms with Crippen LogP contribution in [0.2, 0.25) is 0 Å². The van der Waals surface area contributed by atoms with E-state index in [4.69, 9.17) is 5.41 Å². The highest BCUT2D eigenvalue weighted by atomic mass is 14.4. The summed E-state index contributed by atoms with van der Waals surface area (Å²) in [5, 5.41) is 7.08. The minimum Gasteiger partial charge on any atom is -0.306 e. The molecule has 0 saturated carbocycles. The third kappa shape index (κ3) is 5.28. The molecule has 0 aromatic heterocycles. The molecule has 0 aliphatic carbocycles. The Bertz CT molecular complexity index is 114. The van der Waals surface area contributed by atoms with E-state index in [0.717, 1.165) is 6.42 Å². The lowest BCUT2D eigenvalue weighted by Crippen LogP contribution is -1.87. The van der Waals surface area contributed by atoms with Crippen LogP contribution >= 0.6 is 0 Å². The number of hydrogen-bond acceptors (Lipinski definition) is 1. The van der Waals surface area contributed by atoms with E-state index in [1.165, 1.54) is 0 Å². The quantitative estimate of drug-likeness (QED) is 0.561. The van der Waals surface area contributed by atoms with Gasteiger partial charge in [-0.15, -0.1) is 0 Å². The van der Waals surface area contributed by atoms with Crippen LogP contribution in [0.25, 0.3) is 0 Å². The van der Waals surface area contributed by atoms with Crippen LogP contribution in [0.1, 0.15) is 27.2 Å². The molecule has 0 aliphatic heterocycles. The molecule has 1 heteroatoms. The largest absolute Gasteiger partial charge is 0.306 e. The SMILES string of the molecule is CCC(C)/C=C\C(C)=N. The maximum Gasteiger partial charge on any atom is 0.0279 e. The van der Waals surface area contributed by atoms with Gasteiger partial charge >= 0.3 is 0 Å². The summed E-state index contributed by atoms with van der Waals surface area (Å²) in [5.41, 5.74) is 0.635. The van der Waals surface area contributed by atoms with Gasteiger partial charge in [-0.2, -0.15) is 0 Å². The summed E-state index contributed by atoms with van der Waals surface area (Å²) in [6.07, 6.45) is 5.08. The summed E-state index contributed by atoms with van der Waals surface area (Å²) in [6.45, 7) is 6.09. The Morgan fingerprint density at radius 2 is 2.22 bits per heavy atom. The number of allylic oxidation sites excluding steroid dienone is 2.